The number of hydrogen-bond donors (Lipinski definition) is 1. The Morgan fingerprint density at radius 3 is 2.66 bits per heavy atom. The minimum atomic E-state index is -0.754. The molecule has 0 spiro atoms. The summed E-state index contributed by atoms with van der Waals surface area (Å²) < 4.78 is 7.14. The molecule has 0 radical (unpaired) electrons. The third kappa shape index (κ3) is 4.55. The standard InChI is InChI=1S/C26H25BrClNO2S/c27-19-5-8-22-21(23-9-15-32-25(23)17-31-24(22)16-19)2-1-12-29-13-10-26(30,11-14-29)18-3-6-20(28)7-4-18/h2-9,15-16,30H,1,10-14,17H2/b21-2-. The molecule has 2 aliphatic heterocycles. The smallest absolute Gasteiger partial charge is 0.128 e. The lowest BCUT2D eigenvalue weighted by Crippen LogP contribution is -2.42. The molecule has 3 heterocycles. The number of rotatable bonds is 4. The first-order valence-electron chi connectivity index (χ1n) is 10.9. The van der Waals surface area contributed by atoms with Crippen LogP contribution < -0.4 is 4.74 Å². The Morgan fingerprint density at radius 2 is 1.88 bits per heavy atom. The first-order chi connectivity index (χ1) is 15.5. The summed E-state index contributed by atoms with van der Waals surface area (Å²) in [7, 11) is 0. The molecule has 166 valence electrons. The monoisotopic (exact) mass is 529 g/mol. The van der Waals surface area contributed by atoms with Crippen molar-refractivity contribution in [3.8, 4) is 5.75 Å². The van der Waals surface area contributed by atoms with E-state index in [1.165, 1.54) is 16.0 Å². The van der Waals surface area contributed by atoms with Gasteiger partial charge < -0.3 is 14.7 Å². The molecule has 5 rings (SSSR count). The van der Waals surface area contributed by atoms with Crippen LogP contribution in [0.15, 0.2) is 64.5 Å². The predicted molar refractivity (Wildman–Crippen MR) is 136 cm³/mol. The summed E-state index contributed by atoms with van der Waals surface area (Å²) in [5, 5.41) is 14.0. The molecular weight excluding hydrogens is 506 g/mol. The number of piperidine rings is 1. The molecule has 32 heavy (non-hydrogen) atoms. The highest BCUT2D eigenvalue weighted by atomic mass is 79.9. The van der Waals surface area contributed by atoms with Crippen molar-refractivity contribution in [3.63, 3.8) is 0 Å². The molecule has 0 atom stereocenters. The lowest BCUT2D eigenvalue weighted by molar-refractivity contribution is -0.0254. The van der Waals surface area contributed by atoms with Gasteiger partial charge in [0.2, 0.25) is 0 Å². The second kappa shape index (κ2) is 9.32. The second-order valence-corrected chi connectivity index (χ2v) is 10.8. The fraction of sp³-hybridized carbons (Fsp3) is 0.308. The van der Waals surface area contributed by atoms with Crippen LogP contribution in [0.2, 0.25) is 5.02 Å². The Morgan fingerprint density at radius 1 is 1.09 bits per heavy atom. The van der Waals surface area contributed by atoms with Gasteiger partial charge in [0, 0.05) is 39.6 Å². The Bertz CT molecular complexity index is 1130. The minimum Gasteiger partial charge on any atom is -0.487 e. The van der Waals surface area contributed by atoms with Crippen LogP contribution >= 0.6 is 38.9 Å². The predicted octanol–water partition coefficient (Wildman–Crippen LogP) is 6.86. The molecule has 3 nitrogen and oxygen atoms in total. The number of halogens is 2. The quantitative estimate of drug-likeness (QED) is 0.400. The number of hydrogen-bond acceptors (Lipinski definition) is 4. The SMILES string of the molecule is OC1(c2ccc(Cl)cc2)CCN(CC/C=C2/c3ccc(Br)cc3OCc3sccc32)CC1. The van der Waals surface area contributed by atoms with E-state index in [2.05, 4.69) is 56.6 Å². The fourth-order valence-electron chi connectivity index (χ4n) is 4.63. The second-order valence-electron chi connectivity index (χ2n) is 8.47. The van der Waals surface area contributed by atoms with Gasteiger partial charge in [-0.1, -0.05) is 45.7 Å². The molecule has 0 amide bonds. The average Bonchev–Trinajstić information content (AvgIpc) is 3.21. The van der Waals surface area contributed by atoms with Gasteiger partial charge in [0.1, 0.15) is 12.4 Å². The van der Waals surface area contributed by atoms with E-state index in [-0.39, 0.29) is 0 Å². The number of likely N-dealkylation sites (tertiary alicyclic amines) is 1. The van der Waals surface area contributed by atoms with E-state index in [0.29, 0.717) is 11.6 Å². The van der Waals surface area contributed by atoms with Gasteiger partial charge in [-0.3, -0.25) is 0 Å². The van der Waals surface area contributed by atoms with Crippen molar-refractivity contribution in [2.24, 2.45) is 0 Å². The van der Waals surface area contributed by atoms with Crippen molar-refractivity contribution in [2.75, 3.05) is 19.6 Å². The molecule has 2 aliphatic rings. The first-order valence-corrected chi connectivity index (χ1v) is 13.0. The molecule has 0 unspecified atom stereocenters. The average molecular weight is 531 g/mol. The highest BCUT2D eigenvalue weighted by molar-refractivity contribution is 9.10. The van der Waals surface area contributed by atoms with Crippen LogP contribution in [0.4, 0.5) is 0 Å². The van der Waals surface area contributed by atoms with Crippen LogP contribution in [0.25, 0.3) is 5.57 Å². The lowest BCUT2D eigenvalue weighted by atomic mass is 9.84. The summed E-state index contributed by atoms with van der Waals surface area (Å²) in [5.41, 5.74) is 3.91. The van der Waals surface area contributed by atoms with Crippen molar-refractivity contribution in [1.29, 1.82) is 0 Å². The summed E-state index contributed by atoms with van der Waals surface area (Å²) >= 11 is 11.3. The zero-order valence-corrected chi connectivity index (χ0v) is 20.8. The van der Waals surface area contributed by atoms with Gasteiger partial charge >= 0.3 is 0 Å². The van der Waals surface area contributed by atoms with Crippen molar-refractivity contribution in [1.82, 2.24) is 4.90 Å². The first kappa shape index (κ1) is 22.2. The minimum absolute atomic E-state index is 0.614. The maximum absolute atomic E-state index is 11.1. The highest BCUT2D eigenvalue weighted by Gasteiger charge is 2.33. The highest BCUT2D eigenvalue weighted by Crippen LogP contribution is 2.40. The Hall–Kier alpha value is -1.63. The van der Waals surface area contributed by atoms with E-state index < -0.39 is 5.60 Å². The van der Waals surface area contributed by atoms with Crippen molar-refractivity contribution in [2.45, 2.75) is 31.5 Å². The number of ether oxygens (including phenoxy) is 1. The molecule has 1 N–H and O–H groups in total. The molecule has 1 fully saturated rings. The third-order valence-electron chi connectivity index (χ3n) is 6.49. The van der Waals surface area contributed by atoms with Crippen LogP contribution in [-0.2, 0) is 12.2 Å². The molecule has 0 saturated carbocycles. The summed E-state index contributed by atoms with van der Waals surface area (Å²) in [6.45, 7) is 3.37. The largest absolute Gasteiger partial charge is 0.487 e. The Balaban J connectivity index is 1.28. The maximum Gasteiger partial charge on any atom is 0.128 e. The van der Waals surface area contributed by atoms with Crippen molar-refractivity contribution < 1.29 is 9.84 Å². The van der Waals surface area contributed by atoms with Gasteiger partial charge in [0.25, 0.3) is 0 Å². The molecule has 0 aliphatic carbocycles. The van der Waals surface area contributed by atoms with E-state index >= 15 is 0 Å². The van der Waals surface area contributed by atoms with Crippen LogP contribution in [-0.4, -0.2) is 29.6 Å². The third-order valence-corrected chi connectivity index (χ3v) is 8.13. The summed E-state index contributed by atoms with van der Waals surface area (Å²) in [6, 6.07) is 16.1. The van der Waals surface area contributed by atoms with E-state index in [1.807, 2.05) is 24.3 Å². The normalized spacial score (nSPS) is 19.2. The van der Waals surface area contributed by atoms with Crippen molar-refractivity contribution >= 4 is 44.4 Å². The Labute approximate surface area is 206 Å². The number of benzene rings is 2. The van der Waals surface area contributed by atoms with Gasteiger partial charge in [-0.25, -0.2) is 0 Å². The van der Waals surface area contributed by atoms with E-state index in [0.717, 1.165) is 60.2 Å². The molecule has 1 saturated heterocycles. The molecule has 6 heteroatoms. The van der Waals surface area contributed by atoms with Gasteiger partial charge in [0.15, 0.2) is 0 Å². The number of aliphatic hydroxyl groups is 1. The fourth-order valence-corrected chi connectivity index (χ4v) is 5.89. The lowest BCUT2D eigenvalue weighted by Gasteiger charge is -2.38. The van der Waals surface area contributed by atoms with Gasteiger partial charge in [0.05, 0.1) is 5.60 Å². The van der Waals surface area contributed by atoms with E-state index in [1.54, 1.807) is 11.3 Å². The van der Waals surface area contributed by atoms with Crippen LogP contribution in [0.1, 0.15) is 40.8 Å². The van der Waals surface area contributed by atoms with Gasteiger partial charge in [-0.15, -0.1) is 11.3 Å². The number of fused-ring (bicyclic) bond motifs is 2. The Kier molecular flexibility index (Phi) is 6.46. The van der Waals surface area contributed by atoms with Gasteiger partial charge in [-0.2, -0.15) is 0 Å². The van der Waals surface area contributed by atoms with E-state index in [4.69, 9.17) is 16.3 Å². The van der Waals surface area contributed by atoms with Gasteiger partial charge in [-0.05, 0) is 77.7 Å². The number of nitrogens with zero attached hydrogens (tertiary/aromatic N) is 1. The molecular formula is C26H25BrClNO2S. The molecule has 0 bridgehead atoms. The zero-order valence-electron chi connectivity index (χ0n) is 17.7. The number of thiophene rings is 1. The zero-order chi connectivity index (χ0) is 22.1. The summed E-state index contributed by atoms with van der Waals surface area (Å²) in [5.74, 6) is 0.931. The molecule has 3 aromatic rings. The molecule has 1 aromatic heterocycles. The van der Waals surface area contributed by atoms with Crippen LogP contribution in [0.5, 0.6) is 5.75 Å². The molecule has 2 aromatic carbocycles. The van der Waals surface area contributed by atoms with Crippen LogP contribution in [0.3, 0.4) is 0 Å². The van der Waals surface area contributed by atoms with Crippen LogP contribution in [0, 0.1) is 0 Å². The van der Waals surface area contributed by atoms with Crippen molar-refractivity contribution in [3.05, 3.63) is 91.0 Å². The topological polar surface area (TPSA) is 32.7 Å². The summed E-state index contributed by atoms with van der Waals surface area (Å²) in [4.78, 5) is 3.72. The summed E-state index contributed by atoms with van der Waals surface area (Å²) in [6.07, 6.45) is 4.79. The van der Waals surface area contributed by atoms with E-state index in [9.17, 15) is 5.11 Å². The maximum atomic E-state index is 11.1.